The fraction of sp³-hybridized carbons (Fsp3) is 0.333. The quantitative estimate of drug-likeness (QED) is 0.248. The summed E-state index contributed by atoms with van der Waals surface area (Å²) < 4.78 is 6.93. The number of benzene rings is 3. The van der Waals surface area contributed by atoms with Gasteiger partial charge in [0.05, 0.1) is 0 Å². The number of hydrogen-bond donors (Lipinski definition) is 1. The first-order valence-electron chi connectivity index (χ1n) is 12.5. The number of rotatable bonds is 11. The standard InChI is InChI=1S/C30H33BrCl2N2O3/c1-19(2)16-34-30(37)27(15-22-9-6-5-7-10-22)35(17-24-25(32)11-8-12-26(24)33)28(36)18-38-23-13-20(3)29(31)21(4)14-23/h5-14,19,27H,15-18H2,1-4H3,(H,34,37)/t27-/m0/s1. The molecule has 0 fully saturated rings. The van der Waals surface area contributed by atoms with E-state index in [0.29, 0.717) is 34.3 Å². The van der Waals surface area contributed by atoms with Crippen molar-refractivity contribution in [1.29, 1.82) is 0 Å². The molecule has 0 aliphatic heterocycles. The lowest BCUT2D eigenvalue weighted by Crippen LogP contribution is -2.52. The van der Waals surface area contributed by atoms with E-state index in [1.807, 2.05) is 70.2 Å². The minimum absolute atomic E-state index is 0.0612. The molecule has 38 heavy (non-hydrogen) atoms. The molecular weight excluding hydrogens is 587 g/mol. The summed E-state index contributed by atoms with van der Waals surface area (Å²) in [4.78, 5) is 28.8. The summed E-state index contributed by atoms with van der Waals surface area (Å²) in [6.45, 7) is 8.28. The second kappa shape index (κ2) is 14.0. The Bertz CT molecular complexity index is 1220. The van der Waals surface area contributed by atoms with E-state index in [0.717, 1.165) is 21.2 Å². The van der Waals surface area contributed by atoms with E-state index in [-0.39, 0.29) is 30.9 Å². The van der Waals surface area contributed by atoms with Gasteiger partial charge < -0.3 is 15.0 Å². The van der Waals surface area contributed by atoms with Crippen LogP contribution in [0.25, 0.3) is 0 Å². The highest BCUT2D eigenvalue weighted by molar-refractivity contribution is 9.10. The van der Waals surface area contributed by atoms with Crippen LogP contribution in [-0.2, 0) is 22.6 Å². The second-order valence-corrected chi connectivity index (χ2v) is 11.3. The fourth-order valence-corrected chi connectivity index (χ4v) is 4.79. The van der Waals surface area contributed by atoms with Gasteiger partial charge in [0.2, 0.25) is 5.91 Å². The second-order valence-electron chi connectivity index (χ2n) is 9.73. The predicted molar refractivity (Wildman–Crippen MR) is 158 cm³/mol. The first-order chi connectivity index (χ1) is 18.1. The maximum atomic E-state index is 13.8. The SMILES string of the molecule is Cc1cc(OCC(=O)N(Cc2c(Cl)cccc2Cl)[C@@H](Cc2ccccc2)C(=O)NCC(C)C)cc(C)c1Br. The molecule has 0 aliphatic rings. The fourth-order valence-electron chi connectivity index (χ4n) is 4.05. The number of aryl methyl sites for hydroxylation is 2. The molecule has 0 heterocycles. The Morgan fingerprint density at radius 1 is 0.974 bits per heavy atom. The van der Waals surface area contributed by atoms with Crippen LogP contribution in [0.3, 0.4) is 0 Å². The highest BCUT2D eigenvalue weighted by Crippen LogP contribution is 2.28. The molecule has 0 aromatic heterocycles. The zero-order valence-corrected chi connectivity index (χ0v) is 25.2. The summed E-state index contributed by atoms with van der Waals surface area (Å²) in [6, 6.07) is 17.8. The highest BCUT2D eigenvalue weighted by Gasteiger charge is 2.31. The molecule has 5 nitrogen and oxygen atoms in total. The topological polar surface area (TPSA) is 58.6 Å². The lowest BCUT2D eigenvalue weighted by Gasteiger charge is -2.32. The minimum Gasteiger partial charge on any atom is -0.484 e. The zero-order valence-electron chi connectivity index (χ0n) is 22.1. The minimum atomic E-state index is -0.798. The van der Waals surface area contributed by atoms with Gasteiger partial charge in [0.1, 0.15) is 11.8 Å². The van der Waals surface area contributed by atoms with Crippen LogP contribution in [0.4, 0.5) is 0 Å². The van der Waals surface area contributed by atoms with E-state index < -0.39 is 6.04 Å². The van der Waals surface area contributed by atoms with Gasteiger partial charge in [-0.05, 0) is 60.7 Å². The molecule has 0 bridgehead atoms. The molecule has 3 aromatic rings. The van der Waals surface area contributed by atoms with E-state index >= 15 is 0 Å². The molecule has 1 N–H and O–H groups in total. The van der Waals surface area contributed by atoms with Gasteiger partial charge >= 0.3 is 0 Å². The van der Waals surface area contributed by atoms with Gasteiger partial charge in [-0.25, -0.2) is 0 Å². The van der Waals surface area contributed by atoms with Crippen molar-refractivity contribution >= 4 is 50.9 Å². The van der Waals surface area contributed by atoms with Gasteiger partial charge in [0.25, 0.3) is 5.91 Å². The summed E-state index contributed by atoms with van der Waals surface area (Å²) in [6.07, 6.45) is 0.328. The maximum absolute atomic E-state index is 13.8. The number of halogens is 3. The van der Waals surface area contributed by atoms with E-state index in [9.17, 15) is 9.59 Å². The smallest absolute Gasteiger partial charge is 0.261 e. The number of amides is 2. The number of ether oxygens (including phenoxy) is 1. The normalized spacial score (nSPS) is 11.8. The van der Waals surface area contributed by atoms with E-state index in [1.54, 1.807) is 18.2 Å². The van der Waals surface area contributed by atoms with Crippen LogP contribution in [0, 0.1) is 19.8 Å². The van der Waals surface area contributed by atoms with Crippen LogP contribution in [0.15, 0.2) is 65.1 Å². The molecule has 0 unspecified atom stereocenters. The summed E-state index contributed by atoms with van der Waals surface area (Å²) in [5, 5.41) is 3.86. The molecular formula is C30H33BrCl2N2O3. The first-order valence-corrected chi connectivity index (χ1v) is 14.0. The van der Waals surface area contributed by atoms with E-state index in [1.165, 1.54) is 4.90 Å². The lowest BCUT2D eigenvalue weighted by atomic mass is 10.0. The molecule has 0 aliphatic carbocycles. The van der Waals surface area contributed by atoms with E-state index in [4.69, 9.17) is 27.9 Å². The van der Waals surface area contributed by atoms with Gasteiger partial charge in [-0.3, -0.25) is 9.59 Å². The summed E-state index contributed by atoms with van der Waals surface area (Å²) in [7, 11) is 0. The average molecular weight is 620 g/mol. The number of nitrogens with zero attached hydrogens (tertiary/aromatic N) is 1. The maximum Gasteiger partial charge on any atom is 0.261 e. The van der Waals surface area contributed by atoms with Crippen molar-refractivity contribution in [1.82, 2.24) is 10.2 Å². The van der Waals surface area contributed by atoms with Crippen LogP contribution < -0.4 is 10.1 Å². The largest absolute Gasteiger partial charge is 0.484 e. The van der Waals surface area contributed by atoms with Crippen molar-refractivity contribution in [2.75, 3.05) is 13.2 Å². The van der Waals surface area contributed by atoms with Crippen LogP contribution in [0.2, 0.25) is 10.0 Å². The molecule has 0 saturated heterocycles. The van der Waals surface area contributed by atoms with Crippen molar-refractivity contribution in [2.45, 2.75) is 46.7 Å². The van der Waals surface area contributed by atoms with Gasteiger partial charge in [0, 0.05) is 39.6 Å². The molecule has 0 saturated carbocycles. The van der Waals surface area contributed by atoms with Crippen LogP contribution in [-0.4, -0.2) is 35.9 Å². The third-order valence-corrected chi connectivity index (χ3v) is 8.08. The molecule has 0 radical (unpaired) electrons. The van der Waals surface area contributed by atoms with Gasteiger partial charge in [-0.2, -0.15) is 0 Å². The summed E-state index contributed by atoms with van der Waals surface area (Å²) in [5.41, 5.74) is 3.51. The van der Waals surface area contributed by atoms with E-state index in [2.05, 4.69) is 21.2 Å². The number of nitrogens with one attached hydrogen (secondary N) is 1. The molecule has 2 amide bonds. The number of carbonyl (C=O) groups is 2. The molecule has 3 rings (SSSR count). The van der Waals surface area contributed by atoms with Gasteiger partial charge in [-0.1, -0.05) is 89.4 Å². The third kappa shape index (κ3) is 8.23. The molecule has 3 aromatic carbocycles. The van der Waals surface area contributed by atoms with Crippen LogP contribution >= 0.6 is 39.1 Å². The lowest BCUT2D eigenvalue weighted by molar-refractivity contribution is -0.142. The Hall–Kier alpha value is -2.54. The Morgan fingerprint density at radius 3 is 2.16 bits per heavy atom. The number of carbonyl (C=O) groups excluding carboxylic acids is 2. The monoisotopic (exact) mass is 618 g/mol. The van der Waals surface area contributed by atoms with Crippen molar-refractivity contribution in [3.63, 3.8) is 0 Å². The summed E-state index contributed by atoms with van der Waals surface area (Å²) in [5.74, 6) is 0.246. The van der Waals surface area contributed by atoms with Crippen molar-refractivity contribution in [2.24, 2.45) is 5.92 Å². The average Bonchev–Trinajstić information content (AvgIpc) is 2.88. The first kappa shape index (κ1) is 30.0. The van der Waals surface area contributed by atoms with Crippen molar-refractivity contribution in [3.05, 3.63) is 97.4 Å². The Labute approximate surface area is 243 Å². The Kier molecular flexibility index (Phi) is 11.1. The van der Waals surface area contributed by atoms with Crippen molar-refractivity contribution in [3.8, 4) is 5.75 Å². The molecule has 202 valence electrons. The van der Waals surface area contributed by atoms with Crippen molar-refractivity contribution < 1.29 is 14.3 Å². The summed E-state index contributed by atoms with van der Waals surface area (Å²) >= 11 is 16.5. The van der Waals surface area contributed by atoms with Gasteiger partial charge in [0.15, 0.2) is 6.61 Å². The predicted octanol–water partition coefficient (Wildman–Crippen LogP) is 7.16. The molecule has 0 spiro atoms. The van der Waals surface area contributed by atoms with Gasteiger partial charge in [-0.15, -0.1) is 0 Å². The molecule has 8 heteroatoms. The van der Waals surface area contributed by atoms with Crippen LogP contribution in [0.1, 0.15) is 36.1 Å². The Balaban J connectivity index is 1.96. The Morgan fingerprint density at radius 2 is 1.58 bits per heavy atom. The number of hydrogen-bond acceptors (Lipinski definition) is 3. The zero-order chi connectivity index (χ0) is 27.8. The van der Waals surface area contributed by atoms with Crippen LogP contribution in [0.5, 0.6) is 5.75 Å². The third-order valence-electron chi connectivity index (χ3n) is 6.12. The highest BCUT2D eigenvalue weighted by atomic mass is 79.9. The molecule has 1 atom stereocenters.